The highest BCUT2D eigenvalue weighted by molar-refractivity contribution is 5.97. The van der Waals surface area contributed by atoms with Gasteiger partial charge in [-0.25, -0.2) is 4.79 Å². The summed E-state index contributed by atoms with van der Waals surface area (Å²) in [6, 6.07) is -2.95. The molecule has 206 valence electrons. The van der Waals surface area contributed by atoms with Crippen molar-refractivity contribution in [1.29, 1.82) is 0 Å². The molecule has 0 aliphatic carbocycles. The molecule has 0 bridgehead atoms. The van der Waals surface area contributed by atoms with E-state index in [1.165, 1.54) is 23.5 Å². The van der Waals surface area contributed by atoms with Gasteiger partial charge >= 0.3 is 5.97 Å². The van der Waals surface area contributed by atoms with Gasteiger partial charge < -0.3 is 26.0 Å². The van der Waals surface area contributed by atoms with Crippen LogP contribution in [0.15, 0.2) is 18.6 Å². The molecule has 19 nitrogen and oxygen atoms in total. The van der Waals surface area contributed by atoms with Crippen LogP contribution in [-0.2, 0) is 9.59 Å². The number of nitrogens with one attached hydrogen (secondary N) is 6. The molecule has 1 aliphatic rings. The number of hydrogen-bond acceptors (Lipinski definition) is 11. The second-order valence-electron chi connectivity index (χ2n) is 8.60. The minimum Gasteiger partial charge on any atom is -0.480 e. The number of carbonyl (C=O) groups excluding carboxylic acids is 4. The van der Waals surface area contributed by atoms with E-state index in [1.54, 1.807) is 0 Å². The quantitative estimate of drug-likeness (QED) is 0.114. The Morgan fingerprint density at radius 2 is 1.54 bits per heavy atom. The molecule has 19 heteroatoms. The molecule has 1 fully saturated rings. The van der Waals surface area contributed by atoms with Crippen LogP contribution in [0.5, 0.6) is 0 Å². The van der Waals surface area contributed by atoms with Gasteiger partial charge in [0.2, 0.25) is 5.91 Å². The van der Waals surface area contributed by atoms with Crippen LogP contribution in [0, 0.1) is 0 Å². The van der Waals surface area contributed by atoms with Crippen molar-refractivity contribution >= 4 is 29.6 Å². The van der Waals surface area contributed by atoms with Crippen molar-refractivity contribution < 1.29 is 29.1 Å². The third-order valence-electron chi connectivity index (χ3n) is 5.95. The number of aromatic amines is 3. The zero-order valence-corrected chi connectivity index (χ0v) is 20.3. The highest BCUT2D eigenvalue weighted by atomic mass is 16.4. The Labute approximate surface area is 218 Å². The van der Waals surface area contributed by atoms with E-state index in [9.17, 15) is 29.1 Å². The molecular formula is C20H25N13O6. The van der Waals surface area contributed by atoms with Gasteiger partial charge in [-0.2, -0.15) is 46.2 Å². The molecule has 1 aliphatic heterocycles. The van der Waals surface area contributed by atoms with Crippen LogP contribution in [0.4, 0.5) is 0 Å². The number of carboxylic acids is 1. The largest absolute Gasteiger partial charge is 0.480 e. The van der Waals surface area contributed by atoms with Gasteiger partial charge in [-0.15, -0.1) is 0 Å². The fourth-order valence-electron chi connectivity index (χ4n) is 4.04. The van der Waals surface area contributed by atoms with E-state index in [0.717, 1.165) is 0 Å². The second kappa shape index (κ2) is 12.3. The number of carbonyl (C=O) groups is 5. The fraction of sp³-hybridized carbons (Fsp3) is 0.450. The summed E-state index contributed by atoms with van der Waals surface area (Å²) < 4.78 is 0. The smallest absolute Gasteiger partial charge is 0.326 e. The number of H-pyrrole nitrogens is 3. The maximum Gasteiger partial charge on any atom is 0.326 e. The Hall–Kier alpha value is -5.23. The molecule has 39 heavy (non-hydrogen) atoms. The van der Waals surface area contributed by atoms with Gasteiger partial charge in [-0.1, -0.05) is 0 Å². The summed E-state index contributed by atoms with van der Waals surface area (Å²) in [6.07, 6.45) is 4.62. The average molecular weight is 544 g/mol. The Morgan fingerprint density at radius 1 is 0.923 bits per heavy atom. The van der Waals surface area contributed by atoms with Crippen LogP contribution in [0.3, 0.4) is 0 Å². The zero-order valence-electron chi connectivity index (χ0n) is 20.3. The Kier molecular flexibility index (Phi) is 8.49. The zero-order chi connectivity index (χ0) is 27.8. The summed E-state index contributed by atoms with van der Waals surface area (Å²) >= 11 is 0. The van der Waals surface area contributed by atoms with Crippen LogP contribution in [-0.4, -0.2) is 117 Å². The van der Waals surface area contributed by atoms with Gasteiger partial charge in [0.1, 0.15) is 12.1 Å². The first kappa shape index (κ1) is 26.8. The Balaban J connectivity index is 1.34. The Morgan fingerprint density at radius 3 is 2.13 bits per heavy atom. The summed E-state index contributed by atoms with van der Waals surface area (Å²) in [6.45, 7) is 0.234. The average Bonchev–Trinajstić information content (AvgIpc) is 3.74. The predicted octanol–water partition coefficient (Wildman–Crippen LogP) is -2.78. The van der Waals surface area contributed by atoms with Crippen LogP contribution < -0.4 is 16.0 Å². The number of unbranched alkanes of at least 4 members (excludes halogenated alkanes) is 1. The molecule has 7 N–H and O–H groups in total. The SMILES string of the molecule is O=C(NCCCC[C@H](NC(=O)[C@@H]1C[C@@H](NC(=O)c2cn[nH]n2)CN1C(=O)c1cn[nH]n1)C(=O)O)c1cn[nH]n1. The molecule has 0 saturated carbocycles. The highest BCUT2D eigenvalue weighted by Crippen LogP contribution is 2.21. The van der Waals surface area contributed by atoms with Gasteiger partial charge in [-0.05, 0) is 25.7 Å². The van der Waals surface area contributed by atoms with Gasteiger partial charge in [0.05, 0.1) is 18.6 Å². The summed E-state index contributed by atoms with van der Waals surface area (Å²) in [5.74, 6) is -3.54. The summed E-state index contributed by atoms with van der Waals surface area (Å²) in [5, 5.41) is 46.3. The molecule has 0 spiro atoms. The molecule has 4 rings (SSSR count). The lowest BCUT2D eigenvalue weighted by Gasteiger charge is -2.24. The van der Waals surface area contributed by atoms with Crippen LogP contribution in [0.25, 0.3) is 0 Å². The van der Waals surface area contributed by atoms with E-state index >= 15 is 0 Å². The lowest BCUT2D eigenvalue weighted by atomic mass is 10.1. The highest BCUT2D eigenvalue weighted by Gasteiger charge is 2.42. The molecule has 0 radical (unpaired) electrons. The summed E-state index contributed by atoms with van der Waals surface area (Å²) in [4.78, 5) is 63.5. The number of amides is 4. The van der Waals surface area contributed by atoms with Crippen molar-refractivity contribution in [3.63, 3.8) is 0 Å². The number of aromatic nitrogens is 9. The van der Waals surface area contributed by atoms with Crippen molar-refractivity contribution in [1.82, 2.24) is 67.1 Å². The van der Waals surface area contributed by atoms with Crippen LogP contribution in [0.2, 0.25) is 0 Å². The molecule has 3 aromatic heterocycles. The molecule has 1 saturated heterocycles. The first-order valence-corrected chi connectivity index (χ1v) is 11.8. The monoisotopic (exact) mass is 543 g/mol. The van der Waals surface area contributed by atoms with E-state index in [2.05, 4.69) is 62.2 Å². The van der Waals surface area contributed by atoms with Crippen molar-refractivity contribution in [3.05, 3.63) is 35.7 Å². The third-order valence-corrected chi connectivity index (χ3v) is 5.95. The van der Waals surface area contributed by atoms with Gasteiger partial charge in [-0.3, -0.25) is 19.2 Å². The minimum atomic E-state index is -1.25. The fourth-order valence-corrected chi connectivity index (χ4v) is 4.04. The van der Waals surface area contributed by atoms with E-state index in [1.807, 2.05) is 0 Å². The van der Waals surface area contributed by atoms with Crippen LogP contribution in [0.1, 0.15) is 57.1 Å². The Bertz CT molecular complexity index is 1280. The number of rotatable bonds is 12. The molecule has 3 atom stereocenters. The number of aliphatic carboxylic acids is 1. The van der Waals surface area contributed by atoms with Crippen molar-refractivity contribution in [3.8, 4) is 0 Å². The first-order valence-electron chi connectivity index (χ1n) is 11.8. The van der Waals surface area contributed by atoms with E-state index in [0.29, 0.717) is 12.8 Å². The lowest BCUT2D eigenvalue weighted by molar-refractivity contribution is -0.142. The maximum absolute atomic E-state index is 13.2. The van der Waals surface area contributed by atoms with Gasteiger partial charge in [0.15, 0.2) is 17.1 Å². The molecule has 4 heterocycles. The molecule has 0 unspecified atom stereocenters. The predicted molar refractivity (Wildman–Crippen MR) is 126 cm³/mol. The van der Waals surface area contributed by atoms with Gasteiger partial charge in [0, 0.05) is 19.1 Å². The maximum atomic E-state index is 13.2. The number of carboxylic acid groups (broad SMARTS) is 1. The van der Waals surface area contributed by atoms with Crippen LogP contribution >= 0.6 is 0 Å². The van der Waals surface area contributed by atoms with E-state index in [-0.39, 0.29) is 43.0 Å². The topological polar surface area (TPSA) is 270 Å². The summed E-state index contributed by atoms with van der Waals surface area (Å²) in [7, 11) is 0. The lowest BCUT2D eigenvalue weighted by Crippen LogP contribution is -2.51. The summed E-state index contributed by atoms with van der Waals surface area (Å²) in [5.41, 5.74) is 0.113. The van der Waals surface area contributed by atoms with E-state index < -0.39 is 47.7 Å². The molecule has 4 amide bonds. The van der Waals surface area contributed by atoms with Gasteiger partial charge in [0.25, 0.3) is 17.7 Å². The number of hydrogen-bond donors (Lipinski definition) is 7. The second-order valence-corrected chi connectivity index (χ2v) is 8.60. The standard InChI is InChI=1S/C20H25N13O6/c34-16(12-6-22-30-27-12)21-4-2-1-3-11(20(38)39)26-18(36)15-5-10(25-17(35)13-7-23-31-28-13)9-33(15)19(37)14-8-24-32-29-14/h6-8,10-11,15H,1-5,9H2,(H,21,34)(H,25,35)(H,26,36)(H,38,39)(H,22,27,30)(H,23,28,31)(H,24,29,32)/t10-,11+,15+/m1/s1. The number of nitrogens with zero attached hydrogens (tertiary/aromatic N) is 7. The third kappa shape index (κ3) is 6.76. The molecular weight excluding hydrogens is 518 g/mol. The molecule has 3 aromatic rings. The van der Waals surface area contributed by atoms with Crippen molar-refractivity contribution in [2.24, 2.45) is 0 Å². The number of likely N-dealkylation sites (tertiary alicyclic amines) is 1. The minimum absolute atomic E-state index is 0.0272. The normalized spacial score (nSPS) is 17.4. The van der Waals surface area contributed by atoms with Crippen molar-refractivity contribution in [2.45, 2.75) is 43.8 Å². The molecule has 0 aromatic carbocycles. The van der Waals surface area contributed by atoms with Crippen molar-refractivity contribution in [2.75, 3.05) is 13.1 Å². The first-order chi connectivity index (χ1) is 18.8. The van der Waals surface area contributed by atoms with E-state index in [4.69, 9.17) is 0 Å².